The minimum absolute atomic E-state index is 0. The molecule has 3 nitrogen and oxygen atoms in total. The van der Waals surface area contributed by atoms with E-state index in [2.05, 4.69) is 46.6 Å². The lowest BCUT2D eigenvalue weighted by atomic mass is 10.1. The summed E-state index contributed by atoms with van der Waals surface area (Å²) in [6.07, 6.45) is 1.24. The molecule has 24 heavy (non-hydrogen) atoms. The zero-order valence-corrected chi connectivity index (χ0v) is 16.6. The van der Waals surface area contributed by atoms with Gasteiger partial charge in [-0.2, -0.15) is 0 Å². The van der Waals surface area contributed by atoms with Crippen LogP contribution in [0.15, 0.2) is 29.6 Å². The standard InChI is InChI=1S/C18H24ClN3S.ClH/c1-13(2)18-21-16(12-23-18)10-20-9-14-7-8-22(11-14)17-5-3-15(19)4-6-17;/h3-6,12-14,20H,7-11H2,1-2H3;1H. The van der Waals surface area contributed by atoms with Gasteiger partial charge < -0.3 is 10.2 Å². The molecule has 1 atom stereocenters. The van der Waals surface area contributed by atoms with Gasteiger partial charge >= 0.3 is 0 Å². The van der Waals surface area contributed by atoms with E-state index in [4.69, 9.17) is 11.6 Å². The van der Waals surface area contributed by atoms with Crippen molar-refractivity contribution in [3.63, 3.8) is 0 Å². The van der Waals surface area contributed by atoms with Crippen LogP contribution >= 0.6 is 35.3 Å². The summed E-state index contributed by atoms with van der Waals surface area (Å²) in [7, 11) is 0. The summed E-state index contributed by atoms with van der Waals surface area (Å²) < 4.78 is 0. The van der Waals surface area contributed by atoms with Gasteiger partial charge in [0, 0.05) is 48.2 Å². The molecule has 0 amide bonds. The van der Waals surface area contributed by atoms with E-state index in [0.29, 0.717) is 11.8 Å². The number of hydrogen-bond donors (Lipinski definition) is 1. The highest BCUT2D eigenvalue weighted by atomic mass is 35.5. The van der Waals surface area contributed by atoms with E-state index in [-0.39, 0.29) is 12.4 Å². The second-order valence-electron chi connectivity index (χ2n) is 6.54. The zero-order valence-electron chi connectivity index (χ0n) is 14.2. The number of thiazole rings is 1. The zero-order chi connectivity index (χ0) is 16.2. The molecule has 0 saturated carbocycles. The molecule has 0 radical (unpaired) electrons. The van der Waals surface area contributed by atoms with Gasteiger partial charge in [0.05, 0.1) is 10.7 Å². The molecule has 2 heterocycles. The van der Waals surface area contributed by atoms with Gasteiger partial charge in [-0.05, 0) is 36.6 Å². The lowest BCUT2D eigenvalue weighted by Crippen LogP contribution is -2.26. The van der Waals surface area contributed by atoms with Crippen molar-refractivity contribution in [1.82, 2.24) is 10.3 Å². The van der Waals surface area contributed by atoms with E-state index in [0.717, 1.165) is 31.2 Å². The van der Waals surface area contributed by atoms with Gasteiger partial charge in [0.2, 0.25) is 0 Å². The van der Waals surface area contributed by atoms with Crippen molar-refractivity contribution in [3.05, 3.63) is 45.4 Å². The highest BCUT2D eigenvalue weighted by Gasteiger charge is 2.22. The van der Waals surface area contributed by atoms with Crippen LogP contribution in [0.1, 0.15) is 36.9 Å². The number of halogens is 2. The minimum Gasteiger partial charge on any atom is -0.371 e. The fourth-order valence-corrected chi connectivity index (χ4v) is 3.92. The molecular formula is C18H25Cl2N3S. The Labute approximate surface area is 159 Å². The van der Waals surface area contributed by atoms with E-state index >= 15 is 0 Å². The predicted octanol–water partition coefficient (Wildman–Crippen LogP) is 4.96. The van der Waals surface area contributed by atoms with Crippen LogP contribution in [0.4, 0.5) is 5.69 Å². The number of nitrogens with one attached hydrogen (secondary N) is 1. The van der Waals surface area contributed by atoms with E-state index < -0.39 is 0 Å². The van der Waals surface area contributed by atoms with Gasteiger partial charge in [0.1, 0.15) is 0 Å². The van der Waals surface area contributed by atoms with Crippen molar-refractivity contribution in [2.45, 2.75) is 32.7 Å². The van der Waals surface area contributed by atoms with Crippen molar-refractivity contribution in [3.8, 4) is 0 Å². The molecule has 1 aromatic heterocycles. The summed E-state index contributed by atoms with van der Waals surface area (Å²) in [5.41, 5.74) is 2.45. The van der Waals surface area contributed by atoms with Crippen LogP contribution in [0.3, 0.4) is 0 Å². The number of aromatic nitrogens is 1. The van der Waals surface area contributed by atoms with Crippen LogP contribution in [0.5, 0.6) is 0 Å². The maximum Gasteiger partial charge on any atom is 0.0954 e. The lowest BCUT2D eigenvalue weighted by Gasteiger charge is -2.19. The quantitative estimate of drug-likeness (QED) is 0.761. The SMILES string of the molecule is CC(C)c1nc(CNCC2CCN(c3ccc(Cl)cc3)C2)cs1.Cl. The number of hydrogen-bond acceptors (Lipinski definition) is 4. The first-order valence-electron chi connectivity index (χ1n) is 8.27. The molecule has 1 saturated heterocycles. The van der Waals surface area contributed by atoms with Crippen molar-refractivity contribution in [2.75, 3.05) is 24.5 Å². The van der Waals surface area contributed by atoms with Crippen LogP contribution in [0.2, 0.25) is 5.02 Å². The molecule has 1 aromatic carbocycles. The summed E-state index contributed by atoms with van der Waals surface area (Å²) in [4.78, 5) is 7.12. The smallest absolute Gasteiger partial charge is 0.0954 e. The number of rotatable bonds is 6. The Hall–Kier alpha value is -0.810. The molecule has 2 aromatic rings. The Kier molecular flexibility index (Phi) is 7.35. The summed E-state index contributed by atoms with van der Waals surface area (Å²) in [6.45, 7) is 8.56. The molecule has 1 aliphatic heterocycles. The minimum atomic E-state index is 0. The second kappa shape index (κ2) is 9.04. The Bertz CT molecular complexity index is 627. The molecule has 0 spiro atoms. The van der Waals surface area contributed by atoms with Gasteiger partial charge in [-0.1, -0.05) is 25.4 Å². The molecule has 1 N–H and O–H groups in total. The topological polar surface area (TPSA) is 28.2 Å². The highest BCUT2D eigenvalue weighted by molar-refractivity contribution is 7.09. The lowest BCUT2D eigenvalue weighted by molar-refractivity contribution is 0.514. The van der Waals surface area contributed by atoms with Crippen molar-refractivity contribution in [1.29, 1.82) is 0 Å². The van der Waals surface area contributed by atoms with E-state index in [1.165, 1.54) is 22.8 Å². The van der Waals surface area contributed by atoms with Crippen LogP contribution in [0, 0.1) is 5.92 Å². The average molecular weight is 386 g/mol. The summed E-state index contributed by atoms with van der Waals surface area (Å²) in [5.74, 6) is 1.23. The number of anilines is 1. The van der Waals surface area contributed by atoms with Crippen molar-refractivity contribution >= 4 is 41.0 Å². The molecule has 6 heteroatoms. The van der Waals surface area contributed by atoms with Gasteiger partial charge in [-0.25, -0.2) is 4.98 Å². The van der Waals surface area contributed by atoms with Gasteiger partial charge in [0.25, 0.3) is 0 Å². The van der Waals surface area contributed by atoms with E-state index in [9.17, 15) is 0 Å². The van der Waals surface area contributed by atoms with Gasteiger partial charge in [-0.3, -0.25) is 0 Å². The fraction of sp³-hybridized carbons (Fsp3) is 0.500. The Morgan fingerprint density at radius 3 is 2.75 bits per heavy atom. The summed E-state index contributed by atoms with van der Waals surface area (Å²) >= 11 is 7.73. The number of nitrogens with zero attached hydrogens (tertiary/aromatic N) is 2. The Balaban J connectivity index is 0.00000208. The van der Waals surface area contributed by atoms with E-state index in [1.54, 1.807) is 11.3 Å². The van der Waals surface area contributed by atoms with Crippen LogP contribution in [-0.2, 0) is 6.54 Å². The predicted molar refractivity (Wildman–Crippen MR) is 107 cm³/mol. The summed E-state index contributed by atoms with van der Waals surface area (Å²) in [6, 6.07) is 8.16. The average Bonchev–Trinajstić information content (AvgIpc) is 3.18. The van der Waals surface area contributed by atoms with Crippen molar-refractivity contribution < 1.29 is 0 Å². The maximum atomic E-state index is 5.96. The fourth-order valence-electron chi connectivity index (χ4n) is 2.96. The molecular weight excluding hydrogens is 361 g/mol. The van der Waals surface area contributed by atoms with E-state index in [1.807, 2.05) is 12.1 Å². The Morgan fingerprint density at radius 2 is 2.08 bits per heavy atom. The monoisotopic (exact) mass is 385 g/mol. The van der Waals surface area contributed by atoms with Crippen LogP contribution in [-0.4, -0.2) is 24.6 Å². The first-order chi connectivity index (χ1) is 11.1. The molecule has 132 valence electrons. The Morgan fingerprint density at radius 1 is 1.33 bits per heavy atom. The van der Waals surface area contributed by atoms with Crippen LogP contribution in [0.25, 0.3) is 0 Å². The third-order valence-corrected chi connectivity index (χ3v) is 5.73. The third kappa shape index (κ3) is 5.09. The maximum absolute atomic E-state index is 5.96. The molecule has 3 rings (SSSR count). The molecule has 1 fully saturated rings. The molecule has 0 bridgehead atoms. The molecule has 0 aliphatic carbocycles. The second-order valence-corrected chi connectivity index (χ2v) is 7.87. The normalized spacial score (nSPS) is 17.3. The first kappa shape index (κ1) is 19.5. The highest BCUT2D eigenvalue weighted by Crippen LogP contribution is 2.25. The van der Waals surface area contributed by atoms with Gasteiger partial charge in [-0.15, -0.1) is 23.7 Å². The van der Waals surface area contributed by atoms with Crippen molar-refractivity contribution in [2.24, 2.45) is 5.92 Å². The first-order valence-corrected chi connectivity index (χ1v) is 9.53. The van der Waals surface area contributed by atoms with Crippen LogP contribution < -0.4 is 10.2 Å². The summed E-state index contributed by atoms with van der Waals surface area (Å²) in [5, 5.41) is 7.79. The number of benzene rings is 1. The largest absolute Gasteiger partial charge is 0.371 e. The molecule has 1 unspecified atom stereocenters. The molecule has 1 aliphatic rings. The van der Waals surface area contributed by atoms with Gasteiger partial charge in [0.15, 0.2) is 0 Å². The third-order valence-electron chi connectivity index (χ3n) is 4.28.